The Balaban J connectivity index is 2.08. The van der Waals surface area contributed by atoms with Gasteiger partial charge in [0, 0.05) is 23.1 Å². The van der Waals surface area contributed by atoms with Gasteiger partial charge in [-0.05, 0) is 30.4 Å². The van der Waals surface area contributed by atoms with E-state index in [0.717, 1.165) is 10.3 Å². The molecule has 0 amide bonds. The van der Waals surface area contributed by atoms with E-state index in [-0.39, 0.29) is 5.69 Å². The quantitative estimate of drug-likeness (QED) is 0.308. The fraction of sp³-hybridized carbons (Fsp3) is 0.0556. The van der Waals surface area contributed by atoms with E-state index in [9.17, 15) is 14.9 Å². The molecular formula is C18H11NO4S. The maximum absolute atomic E-state index is 12.1. The Morgan fingerprint density at radius 3 is 2.33 bits per heavy atom. The van der Waals surface area contributed by atoms with Gasteiger partial charge < -0.3 is 4.42 Å². The van der Waals surface area contributed by atoms with Crippen LogP contribution >= 0.6 is 11.8 Å². The van der Waals surface area contributed by atoms with E-state index in [0.29, 0.717) is 16.7 Å². The predicted octanol–water partition coefficient (Wildman–Crippen LogP) is 3.82. The van der Waals surface area contributed by atoms with Gasteiger partial charge in [-0.25, -0.2) is 4.79 Å². The Labute approximate surface area is 141 Å². The minimum absolute atomic E-state index is 0.00240. The van der Waals surface area contributed by atoms with Gasteiger partial charge in [-0.1, -0.05) is 24.1 Å². The maximum Gasteiger partial charge on any atom is 0.344 e. The SMILES string of the molecule is CSc1c(C#Cc2ccc([N+](=O)[O-])cc2)oc(=O)c2ccccc12. The van der Waals surface area contributed by atoms with Crippen molar-refractivity contribution in [2.24, 2.45) is 0 Å². The standard InChI is InChI=1S/C18H11NO4S/c1-24-17-14-4-2-3-5-15(14)18(20)23-16(17)11-8-12-6-9-13(10-7-12)19(21)22/h2-7,9-10H,1H3. The van der Waals surface area contributed by atoms with Crippen molar-refractivity contribution in [3.05, 3.63) is 80.4 Å². The number of hydrogen-bond donors (Lipinski definition) is 0. The Hall–Kier alpha value is -3.04. The van der Waals surface area contributed by atoms with Gasteiger partial charge in [0.1, 0.15) is 0 Å². The summed E-state index contributed by atoms with van der Waals surface area (Å²) in [5, 5.41) is 12.0. The van der Waals surface area contributed by atoms with Crippen LogP contribution in [-0.4, -0.2) is 11.2 Å². The lowest BCUT2D eigenvalue weighted by atomic mass is 10.1. The predicted molar refractivity (Wildman–Crippen MR) is 93.3 cm³/mol. The monoisotopic (exact) mass is 337 g/mol. The highest BCUT2D eigenvalue weighted by Crippen LogP contribution is 2.27. The molecule has 6 heteroatoms. The van der Waals surface area contributed by atoms with Gasteiger partial charge in [0.2, 0.25) is 0 Å². The van der Waals surface area contributed by atoms with E-state index in [1.165, 1.54) is 23.9 Å². The summed E-state index contributed by atoms with van der Waals surface area (Å²) in [5.74, 6) is 6.03. The Morgan fingerprint density at radius 2 is 1.71 bits per heavy atom. The molecular weight excluding hydrogens is 326 g/mol. The molecule has 1 heterocycles. The third-order valence-electron chi connectivity index (χ3n) is 3.40. The molecule has 0 N–H and O–H groups in total. The van der Waals surface area contributed by atoms with Crippen LogP contribution in [0.2, 0.25) is 0 Å². The number of nitrogens with zero attached hydrogens (tertiary/aromatic N) is 1. The van der Waals surface area contributed by atoms with Gasteiger partial charge in [0.25, 0.3) is 5.69 Å². The second-order valence-electron chi connectivity index (χ2n) is 4.85. The molecule has 0 aliphatic heterocycles. The van der Waals surface area contributed by atoms with Gasteiger partial charge in [-0.15, -0.1) is 11.8 Å². The summed E-state index contributed by atoms with van der Waals surface area (Å²) in [6, 6.07) is 13.1. The van der Waals surface area contributed by atoms with Crippen LogP contribution < -0.4 is 5.63 Å². The van der Waals surface area contributed by atoms with E-state index in [2.05, 4.69) is 11.8 Å². The molecule has 24 heavy (non-hydrogen) atoms. The topological polar surface area (TPSA) is 73.3 Å². The van der Waals surface area contributed by atoms with Crippen LogP contribution in [0.1, 0.15) is 11.3 Å². The number of non-ortho nitro benzene ring substituents is 1. The molecule has 0 saturated heterocycles. The van der Waals surface area contributed by atoms with Crippen LogP contribution in [-0.2, 0) is 0 Å². The van der Waals surface area contributed by atoms with E-state index < -0.39 is 10.5 Å². The highest BCUT2D eigenvalue weighted by molar-refractivity contribution is 7.98. The van der Waals surface area contributed by atoms with Crippen molar-refractivity contribution in [2.75, 3.05) is 6.26 Å². The second kappa shape index (κ2) is 6.60. The maximum atomic E-state index is 12.1. The molecule has 0 aliphatic carbocycles. The first-order valence-electron chi connectivity index (χ1n) is 6.96. The molecule has 3 aromatic rings. The van der Waals surface area contributed by atoms with E-state index in [1.807, 2.05) is 18.4 Å². The first kappa shape index (κ1) is 15.8. The van der Waals surface area contributed by atoms with Crippen LogP contribution in [0, 0.1) is 22.0 Å². The van der Waals surface area contributed by atoms with Crippen LogP contribution in [0.5, 0.6) is 0 Å². The van der Waals surface area contributed by atoms with Gasteiger partial charge in [0.05, 0.1) is 15.2 Å². The molecule has 0 atom stereocenters. The van der Waals surface area contributed by atoms with Crippen molar-refractivity contribution in [1.82, 2.24) is 0 Å². The fourth-order valence-corrected chi connectivity index (χ4v) is 2.93. The average Bonchev–Trinajstić information content (AvgIpc) is 2.60. The average molecular weight is 337 g/mol. The second-order valence-corrected chi connectivity index (χ2v) is 5.67. The molecule has 0 fully saturated rings. The summed E-state index contributed by atoms with van der Waals surface area (Å²) in [6.45, 7) is 0. The highest BCUT2D eigenvalue weighted by Gasteiger charge is 2.11. The summed E-state index contributed by atoms with van der Waals surface area (Å²) >= 11 is 1.45. The fourth-order valence-electron chi connectivity index (χ4n) is 2.26. The van der Waals surface area contributed by atoms with Gasteiger partial charge in [-0.3, -0.25) is 10.1 Å². The zero-order valence-electron chi connectivity index (χ0n) is 12.6. The zero-order valence-corrected chi connectivity index (χ0v) is 13.4. The van der Waals surface area contributed by atoms with Crippen molar-refractivity contribution in [3.63, 3.8) is 0 Å². The van der Waals surface area contributed by atoms with Gasteiger partial charge in [0.15, 0.2) is 5.76 Å². The summed E-state index contributed by atoms with van der Waals surface area (Å²) in [6.07, 6.45) is 1.89. The largest absolute Gasteiger partial charge is 0.412 e. The van der Waals surface area contributed by atoms with E-state index in [4.69, 9.17) is 4.42 Å². The number of benzene rings is 2. The third kappa shape index (κ3) is 3.03. The summed E-state index contributed by atoms with van der Waals surface area (Å²) < 4.78 is 5.34. The van der Waals surface area contributed by atoms with Crippen LogP contribution in [0.4, 0.5) is 5.69 Å². The van der Waals surface area contributed by atoms with Gasteiger partial charge in [-0.2, -0.15) is 0 Å². The number of thioether (sulfide) groups is 1. The summed E-state index contributed by atoms with van der Waals surface area (Å²) in [7, 11) is 0. The molecule has 1 aromatic heterocycles. The van der Waals surface area contributed by atoms with Crippen molar-refractivity contribution < 1.29 is 9.34 Å². The summed E-state index contributed by atoms with van der Waals surface area (Å²) in [5.41, 5.74) is 0.169. The van der Waals surface area contributed by atoms with Crippen LogP contribution in [0.3, 0.4) is 0 Å². The number of hydrogen-bond acceptors (Lipinski definition) is 5. The smallest absolute Gasteiger partial charge is 0.344 e. The minimum Gasteiger partial charge on any atom is -0.412 e. The lowest BCUT2D eigenvalue weighted by Gasteiger charge is -2.04. The van der Waals surface area contributed by atoms with Crippen molar-refractivity contribution in [1.29, 1.82) is 0 Å². The van der Waals surface area contributed by atoms with Crippen molar-refractivity contribution >= 4 is 28.2 Å². The van der Waals surface area contributed by atoms with Crippen LogP contribution in [0.15, 0.2) is 62.6 Å². The first-order chi connectivity index (χ1) is 11.6. The molecule has 3 rings (SSSR count). The number of fused-ring (bicyclic) bond motifs is 1. The summed E-state index contributed by atoms with van der Waals surface area (Å²) in [4.78, 5) is 23.1. The highest BCUT2D eigenvalue weighted by atomic mass is 32.2. The molecule has 2 aromatic carbocycles. The molecule has 0 unspecified atom stereocenters. The van der Waals surface area contributed by atoms with E-state index >= 15 is 0 Å². The number of nitro benzene ring substituents is 1. The Morgan fingerprint density at radius 1 is 1.04 bits per heavy atom. The van der Waals surface area contributed by atoms with Crippen molar-refractivity contribution in [2.45, 2.75) is 4.90 Å². The van der Waals surface area contributed by atoms with Crippen molar-refractivity contribution in [3.8, 4) is 11.8 Å². The minimum atomic E-state index is -0.467. The third-order valence-corrected chi connectivity index (χ3v) is 4.21. The zero-order chi connectivity index (χ0) is 17.1. The first-order valence-corrected chi connectivity index (χ1v) is 8.19. The number of nitro groups is 1. The molecule has 118 valence electrons. The molecule has 0 spiro atoms. The number of rotatable bonds is 2. The van der Waals surface area contributed by atoms with E-state index in [1.54, 1.807) is 24.3 Å². The Kier molecular flexibility index (Phi) is 4.36. The molecule has 5 nitrogen and oxygen atoms in total. The normalized spacial score (nSPS) is 10.2. The molecule has 0 bridgehead atoms. The molecule has 0 saturated carbocycles. The molecule has 0 radical (unpaired) electrons. The molecule has 0 aliphatic rings. The lowest BCUT2D eigenvalue weighted by Crippen LogP contribution is -2.02. The van der Waals surface area contributed by atoms with Gasteiger partial charge >= 0.3 is 5.63 Å². The lowest BCUT2D eigenvalue weighted by molar-refractivity contribution is -0.384. The van der Waals surface area contributed by atoms with Crippen LogP contribution in [0.25, 0.3) is 10.8 Å². The Bertz CT molecular complexity index is 1040.